The largest absolute Gasteiger partial charge is 0.379 e. The van der Waals surface area contributed by atoms with Crippen LogP contribution in [0.15, 0.2) is 0 Å². The minimum atomic E-state index is -0.136. The summed E-state index contributed by atoms with van der Waals surface area (Å²) < 4.78 is 5.33. The molecule has 3 unspecified atom stereocenters. The van der Waals surface area contributed by atoms with Gasteiger partial charge in [0, 0.05) is 12.1 Å². The Labute approximate surface area is 103 Å². The summed E-state index contributed by atoms with van der Waals surface area (Å²) in [5, 5.41) is 14.8. The molecular formula is C12H21N3O2. The molecule has 0 aromatic heterocycles. The van der Waals surface area contributed by atoms with E-state index < -0.39 is 0 Å². The van der Waals surface area contributed by atoms with Gasteiger partial charge < -0.3 is 15.4 Å². The van der Waals surface area contributed by atoms with E-state index in [-0.39, 0.29) is 23.9 Å². The van der Waals surface area contributed by atoms with Gasteiger partial charge in [-0.3, -0.25) is 4.79 Å². The molecule has 3 atom stereocenters. The molecule has 1 aliphatic rings. The standard InChI is InChI=1S/C12H21N3O2/c1-3-9(5-6-13)15-12(16)10-7-17-8-11(10)14-4-2/h9-11,14H,3-5,7-8H2,1-2H3,(H,15,16). The van der Waals surface area contributed by atoms with E-state index in [1.165, 1.54) is 0 Å². The van der Waals surface area contributed by atoms with Crippen LogP contribution in [0.25, 0.3) is 0 Å². The molecule has 0 bridgehead atoms. The van der Waals surface area contributed by atoms with E-state index in [1.807, 2.05) is 13.8 Å². The highest BCUT2D eigenvalue weighted by molar-refractivity contribution is 5.80. The number of likely N-dealkylation sites (N-methyl/N-ethyl adjacent to an activating group) is 1. The smallest absolute Gasteiger partial charge is 0.227 e. The zero-order valence-electron chi connectivity index (χ0n) is 10.5. The molecule has 1 amide bonds. The van der Waals surface area contributed by atoms with Gasteiger partial charge in [0.15, 0.2) is 0 Å². The number of carbonyl (C=O) groups is 1. The predicted octanol–water partition coefficient (Wildman–Crippen LogP) is 0.419. The van der Waals surface area contributed by atoms with Gasteiger partial charge in [0.1, 0.15) is 0 Å². The third-order valence-corrected chi connectivity index (χ3v) is 3.06. The van der Waals surface area contributed by atoms with E-state index in [4.69, 9.17) is 10.00 Å². The Kier molecular flexibility index (Phi) is 5.95. The molecule has 17 heavy (non-hydrogen) atoms. The third-order valence-electron chi connectivity index (χ3n) is 3.06. The molecular weight excluding hydrogens is 218 g/mol. The van der Waals surface area contributed by atoms with Gasteiger partial charge in [-0.2, -0.15) is 5.26 Å². The lowest BCUT2D eigenvalue weighted by atomic mass is 10.0. The van der Waals surface area contributed by atoms with Crippen molar-refractivity contribution in [3.8, 4) is 6.07 Å². The molecule has 96 valence electrons. The minimum absolute atomic E-state index is 0.00412. The number of rotatable bonds is 6. The maximum absolute atomic E-state index is 12.0. The van der Waals surface area contributed by atoms with Gasteiger partial charge in [0.25, 0.3) is 0 Å². The minimum Gasteiger partial charge on any atom is -0.379 e. The second kappa shape index (κ2) is 7.25. The van der Waals surface area contributed by atoms with Crippen LogP contribution < -0.4 is 10.6 Å². The van der Waals surface area contributed by atoms with E-state index in [0.717, 1.165) is 13.0 Å². The number of hydrogen-bond donors (Lipinski definition) is 2. The molecule has 1 aliphatic heterocycles. The highest BCUT2D eigenvalue weighted by Crippen LogP contribution is 2.14. The van der Waals surface area contributed by atoms with Crippen molar-refractivity contribution in [2.75, 3.05) is 19.8 Å². The zero-order valence-corrected chi connectivity index (χ0v) is 10.5. The number of ether oxygens (including phenoxy) is 1. The first-order valence-corrected chi connectivity index (χ1v) is 6.21. The molecule has 0 aromatic carbocycles. The summed E-state index contributed by atoms with van der Waals surface area (Å²) in [5.74, 6) is -0.141. The normalized spacial score (nSPS) is 25.2. The molecule has 1 saturated heterocycles. The SMILES string of the molecule is CCNC1COCC1C(=O)NC(CC)CC#N. The summed E-state index contributed by atoms with van der Waals surface area (Å²) in [7, 11) is 0. The van der Waals surface area contributed by atoms with Crippen molar-refractivity contribution in [2.24, 2.45) is 5.92 Å². The summed E-state index contributed by atoms with van der Waals surface area (Å²) in [4.78, 5) is 12.0. The number of nitriles is 1. The summed E-state index contributed by atoms with van der Waals surface area (Å²) in [6, 6.07) is 2.14. The van der Waals surface area contributed by atoms with E-state index in [0.29, 0.717) is 19.6 Å². The first-order valence-electron chi connectivity index (χ1n) is 6.21. The Morgan fingerprint density at radius 3 is 2.88 bits per heavy atom. The van der Waals surface area contributed by atoms with Crippen molar-refractivity contribution in [1.29, 1.82) is 5.26 Å². The van der Waals surface area contributed by atoms with Crippen LogP contribution in [0.2, 0.25) is 0 Å². The maximum atomic E-state index is 12.0. The maximum Gasteiger partial charge on any atom is 0.227 e. The highest BCUT2D eigenvalue weighted by Gasteiger charge is 2.33. The van der Waals surface area contributed by atoms with Crippen LogP contribution in [0.1, 0.15) is 26.7 Å². The zero-order chi connectivity index (χ0) is 12.7. The average molecular weight is 239 g/mol. The first kappa shape index (κ1) is 13.9. The van der Waals surface area contributed by atoms with E-state index in [9.17, 15) is 4.79 Å². The number of amides is 1. The summed E-state index contributed by atoms with van der Waals surface area (Å²) in [6.07, 6.45) is 1.14. The molecule has 5 heteroatoms. The second-order valence-corrected chi connectivity index (χ2v) is 4.28. The van der Waals surface area contributed by atoms with Gasteiger partial charge in [-0.1, -0.05) is 13.8 Å². The molecule has 1 rings (SSSR count). The third kappa shape index (κ3) is 3.99. The molecule has 5 nitrogen and oxygen atoms in total. The molecule has 0 aromatic rings. The van der Waals surface area contributed by atoms with Gasteiger partial charge in [0.2, 0.25) is 5.91 Å². The van der Waals surface area contributed by atoms with Crippen molar-refractivity contribution in [3.63, 3.8) is 0 Å². The molecule has 0 spiro atoms. The summed E-state index contributed by atoms with van der Waals surface area (Å²) in [6.45, 7) is 5.85. The molecule has 0 aliphatic carbocycles. The fraction of sp³-hybridized carbons (Fsp3) is 0.833. The van der Waals surface area contributed by atoms with Crippen molar-refractivity contribution in [2.45, 2.75) is 38.8 Å². The van der Waals surface area contributed by atoms with Crippen LogP contribution in [-0.4, -0.2) is 37.7 Å². The Morgan fingerprint density at radius 1 is 1.53 bits per heavy atom. The van der Waals surface area contributed by atoms with Crippen LogP contribution >= 0.6 is 0 Å². The summed E-state index contributed by atoms with van der Waals surface area (Å²) >= 11 is 0. The molecule has 0 radical (unpaired) electrons. The van der Waals surface area contributed by atoms with Crippen LogP contribution in [0, 0.1) is 17.2 Å². The predicted molar refractivity (Wildman–Crippen MR) is 64.2 cm³/mol. The fourth-order valence-corrected chi connectivity index (χ4v) is 1.99. The number of carbonyl (C=O) groups excluding carboxylic acids is 1. The van der Waals surface area contributed by atoms with Gasteiger partial charge in [-0.25, -0.2) is 0 Å². The quantitative estimate of drug-likeness (QED) is 0.704. The van der Waals surface area contributed by atoms with E-state index in [1.54, 1.807) is 0 Å². The lowest BCUT2D eigenvalue weighted by molar-refractivity contribution is -0.126. The summed E-state index contributed by atoms with van der Waals surface area (Å²) in [5.41, 5.74) is 0. The van der Waals surface area contributed by atoms with Gasteiger partial charge in [-0.05, 0) is 13.0 Å². The second-order valence-electron chi connectivity index (χ2n) is 4.28. The van der Waals surface area contributed by atoms with Crippen LogP contribution in [0.4, 0.5) is 0 Å². The Hall–Kier alpha value is -1.12. The molecule has 1 heterocycles. The topological polar surface area (TPSA) is 74.2 Å². The Morgan fingerprint density at radius 2 is 2.29 bits per heavy atom. The van der Waals surface area contributed by atoms with Crippen molar-refractivity contribution in [3.05, 3.63) is 0 Å². The molecule has 1 fully saturated rings. The van der Waals surface area contributed by atoms with E-state index >= 15 is 0 Å². The highest BCUT2D eigenvalue weighted by atomic mass is 16.5. The van der Waals surface area contributed by atoms with Crippen LogP contribution in [-0.2, 0) is 9.53 Å². The molecule has 0 saturated carbocycles. The van der Waals surface area contributed by atoms with E-state index in [2.05, 4.69) is 16.7 Å². The van der Waals surface area contributed by atoms with Gasteiger partial charge in [-0.15, -0.1) is 0 Å². The molecule has 2 N–H and O–H groups in total. The van der Waals surface area contributed by atoms with Crippen molar-refractivity contribution in [1.82, 2.24) is 10.6 Å². The van der Waals surface area contributed by atoms with Crippen molar-refractivity contribution < 1.29 is 9.53 Å². The number of hydrogen-bond acceptors (Lipinski definition) is 4. The fourth-order valence-electron chi connectivity index (χ4n) is 1.99. The Bertz CT molecular complexity index is 288. The average Bonchev–Trinajstić information content (AvgIpc) is 2.77. The van der Waals surface area contributed by atoms with Gasteiger partial charge in [0.05, 0.1) is 31.6 Å². The van der Waals surface area contributed by atoms with Crippen LogP contribution in [0.5, 0.6) is 0 Å². The number of nitrogens with zero attached hydrogens (tertiary/aromatic N) is 1. The first-order chi connectivity index (χ1) is 8.22. The lowest BCUT2D eigenvalue weighted by Crippen LogP contribution is -2.46. The number of nitrogens with one attached hydrogen (secondary N) is 2. The lowest BCUT2D eigenvalue weighted by Gasteiger charge is -2.21. The van der Waals surface area contributed by atoms with Crippen LogP contribution in [0.3, 0.4) is 0 Å². The van der Waals surface area contributed by atoms with Crippen molar-refractivity contribution >= 4 is 5.91 Å². The Balaban J connectivity index is 2.48. The van der Waals surface area contributed by atoms with Gasteiger partial charge >= 0.3 is 0 Å². The monoisotopic (exact) mass is 239 g/mol.